The first-order valence-corrected chi connectivity index (χ1v) is 6.98. The van der Waals surface area contributed by atoms with E-state index in [1.54, 1.807) is 0 Å². The average Bonchev–Trinajstić information content (AvgIpc) is 2.35. The van der Waals surface area contributed by atoms with Gasteiger partial charge in [-0.1, -0.05) is 32.9 Å². The number of ether oxygens (including phenoxy) is 2. The van der Waals surface area contributed by atoms with Crippen LogP contribution < -0.4 is 4.74 Å². The average molecular weight is 264 g/mol. The summed E-state index contributed by atoms with van der Waals surface area (Å²) in [5, 5.41) is 9.63. The standard InChI is InChI=1S/C16H24O3/c1-5-18-15-13(17)10-14(15)19-12-8-6-11(7-9-12)16(2,3)4/h6-9,13-15,17H,5,10H2,1-4H3. The van der Waals surface area contributed by atoms with Gasteiger partial charge in [-0.3, -0.25) is 0 Å². The third kappa shape index (κ3) is 3.28. The van der Waals surface area contributed by atoms with Crippen LogP contribution in [0.2, 0.25) is 0 Å². The predicted molar refractivity (Wildman–Crippen MR) is 75.6 cm³/mol. The van der Waals surface area contributed by atoms with Crippen molar-refractivity contribution in [2.24, 2.45) is 0 Å². The smallest absolute Gasteiger partial charge is 0.130 e. The molecule has 2 rings (SSSR count). The Morgan fingerprint density at radius 1 is 1.21 bits per heavy atom. The molecule has 0 bridgehead atoms. The molecule has 1 aromatic rings. The van der Waals surface area contributed by atoms with Gasteiger partial charge in [0.1, 0.15) is 18.0 Å². The van der Waals surface area contributed by atoms with Crippen molar-refractivity contribution < 1.29 is 14.6 Å². The fourth-order valence-electron chi connectivity index (χ4n) is 2.29. The molecule has 106 valence electrons. The Kier molecular flexibility index (Phi) is 4.16. The van der Waals surface area contributed by atoms with E-state index in [1.807, 2.05) is 19.1 Å². The molecule has 1 fully saturated rings. The Morgan fingerprint density at radius 3 is 2.32 bits per heavy atom. The number of aliphatic hydroxyl groups excluding tert-OH is 1. The van der Waals surface area contributed by atoms with Crippen molar-refractivity contribution >= 4 is 0 Å². The van der Waals surface area contributed by atoms with Crippen molar-refractivity contribution in [3.05, 3.63) is 29.8 Å². The highest BCUT2D eigenvalue weighted by molar-refractivity contribution is 5.31. The molecule has 3 atom stereocenters. The monoisotopic (exact) mass is 264 g/mol. The molecule has 0 radical (unpaired) electrons. The van der Waals surface area contributed by atoms with Crippen LogP contribution in [0.5, 0.6) is 5.75 Å². The summed E-state index contributed by atoms with van der Waals surface area (Å²) >= 11 is 0. The highest BCUT2D eigenvalue weighted by Gasteiger charge is 2.42. The van der Waals surface area contributed by atoms with Crippen LogP contribution in [0.15, 0.2) is 24.3 Å². The van der Waals surface area contributed by atoms with Crippen LogP contribution >= 0.6 is 0 Å². The summed E-state index contributed by atoms with van der Waals surface area (Å²) in [4.78, 5) is 0. The van der Waals surface area contributed by atoms with E-state index < -0.39 is 6.10 Å². The van der Waals surface area contributed by atoms with Crippen molar-refractivity contribution in [2.45, 2.75) is 57.8 Å². The molecule has 1 aliphatic carbocycles. The van der Waals surface area contributed by atoms with Crippen molar-refractivity contribution in [3.8, 4) is 5.75 Å². The minimum atomic E-state index is -0.390. The highest BCUT2D eigenvalue weighted by atomic mass is 16.6. The normalized spacial score (nSPS) is 26.9. The molecule has 0 aromatic heterocycles. The van der Waals surface area contributed by atoms with Crippen LogP contribution in [0.3, 0.4) is 0 Å². The summed E-state index contributed by atoms with van der Waals surface area (Å²) in [6, 6.07) is 8.18. The van der Waals surface area contributed by atoms with Crippen molar-refractivity contribution in [3.63, 3.8) is 0 Å². The lowest BCUT2D eigenvalue weighted by atomic mass is 9.87. The molecule has 3 heteroatoms. The fourth-order valence-corrected chi connectivity index (χ4v) is 2.29. The molecule has 0 spiro atoms. The molecule has 1 saturated carbocycles. The molecule has 0 heterocycles. The Balaban J connectivity index is 1.97. The number of rotatable bonds is 4. The summed E-state index contributed by atoms with van der Waals surface area (Å²) in [6.45, 7) is 9.10. The van der Waals surface area contributed by atoms with Crippen LogP contribution in [0.25, 0.3) is 0 Å². The number of hydrogen-bond acceptors (Lipinski definition) is 3. The van der Waals surface area contributed by atoms with Gasteiger partial charge in [0.05, 0.1) is 6.10 Å². The van der Waals surface area contributed by atoms with Gasteiger partial charge in [0.2, 0.25) is 0 Å². The number of hydrogen-bond donors (Lipinski definition) is 1. The Morgan fingerprint density at radius 2 is 1.84 bits per heavy atom. The molecule has 0 aliphatic heterocycles. The highest BCUT2D eigenvalue weighted by Crippen LogP contribution is 2.30. The van der Waals surface area contributed by atoms with Gasteiger partial charge >= 0.3 is 0 Å². The lowest BCUT2D eigenvalue weighted by Gasteiger charge is -2.40. The lowest BCUT2D eigenvalue weighted by molar-refractivity contribution is -0.160. The van der Waals surface area contributed by atoms with E-state index in [4.69, 9.17) is 9.47 Å². The van der Waals surface area contributed by atoms with Crippen LogP contribution in [0.1, 0.15) is 39.7 Å². The molecule has 1 N–H and O–H groups in total. The van der Waals surface area contributed by atoms with Crippen LogP contribution in [-0.4, -0.2) is 30.0 Å². The molecule has 3 unspecified atom stereocenters. The Hall–Kier alpha value is -1.06. The van der Waals surface area contributed by atoms with Gasteiger partial charge in [0.15, 0.2) is 0 Å². The van der Waals surface area contributed by atoms with E-state index in [0.717, 1.165) is 5.75 Å². The summed E-state index contributed by atoms with van der Waals surface area (Å²) in [5.41, 5.74) is 1.44. The Bertz CT molecular complexity index is 405. The van der Waals surface area contributed by atoms with Crippen LogP contribution in [0.4, 0.5) is 0 Å². The molecule has 3 nitrogen and oxygen atoms in total. The van der Waals surface area contributed by atoms with Crippen LogP contribution in [0, 0.1) is 0 Å². The van der Waals surface area contributed by atoms with Gasteiger partial charge < -0.3 is 14.6 Å². The minimum Gasteiger partial charge on any atom is -0.488 e. The summed E-state index contributed by atoms with van der Waals surface area (Å²) in [6.07, 6.45) is 0.0348. The van der Waals surface area contributed by atoms with E-state index >= 15 is 0 Å². The zero-order chi connectivity index (χ0) is 14.0. The molecular weight excluding hydrogens is 240 g/mol. The molecule has 1 aliphatic rings. The summed E-state index contributed by atoms with van der Waals surface area (Å²) in [5.74, 6) is 0.842. The second-order valence-electron chi connectivity index (χ2n) is 6.15. The lowest BCUT2D eigenvalue weighted by Crippen LogP contribution is -2.55. The van der Waals surface area contributed by atoms with Crippen molar-refractivity contribution in [2.75, 3.05) is 6.61 Å². The zero-order valence-electron chi connectivity index (χ0n) is 12.2. The zero-order valence-corrected chi connectivity index (χ0v) is 12.2. The molecule has 1 aromatic carbocycles. The molecule has 0 amide bonds. The van der Waals surface area contributed by atoms with Gasteiger partial charge in [-0.15, -0.1) is 0 Å². The van der Waals surface area contributed by atoms with E-state index in [1.165, 1.54) is 5.56 Å². The second kappa shape index (κ2) is 5.51. The first-order valence-electron chi connectivity index (χ1n) is 6.98. The maximum Gasteiger partial charge on any atom is 0.130 e. The van der Waals surface area contributed by atoms with E-state index in [9.17, 15) is 5.11 Å². The van der Waals surface area contributed by atoms with E-state index in [2.05, 4.69) is 32.9 Å². The SMILES string of the molecule is CCOC1C(O)CC1Oc1ccc(C(C)(C)C)cc1. The van der Waals surface area contributed by atoms with Gasteiger partial charge in [0.25, 0.3) is 0 Å². The predicted octanol–water partition coefficient (Wildman–Crippen LogP) is 2.90. The van der Waals surface area contributed by atoms with Gasteiger partial charge in [0, 0.05) is 13.0 Å². The topological polar surface area (TPSA) is 38.7 Å². The fraction of sp³-hybridized carbons (Fsp3) is 0.625. The largest absolute Gasteiger partial charge is 0.488 e. The van der Waals surface area contributed by atoms with Gasteiger partial charge in [-0.05, 0) is 30.0 Å². The minimum absolute atomic E-state index is 0.0320. The maximum absolute atomic E-state index is 9.63. The van der Waals surface area contributed by atoms with Crippen LogP contribution in [-0.2, 0) is 10.2 Å². The van der Waals surface area contributed by atoms with Gasteiger partial charge in [-0.2, -0.15) is 0 Å². The summed E-state index contributed by atoms with van der Waals surface area (Å²) < 4.78 is 11.3. The third-order valence-electron chi connectivity index (χ3n) is 3.59. The van der Waals surface area contributed by atoms with Crippen molar-refractivity contribution in [1.29, 1.82) is 0 Å². The van der Waals surface area contributed by atoms with E-state index in [0.29, 0.717) is 13.0 Å². The molecule has 19 heavy (non-hydrogen) atoms. The first-order chi connectivity index (χ1) is 8.91. The third-order valence-corrected chi connectivity index (χ3v) is 3.59. The quantitative estimate of drug-likeness (QED) is 0.908. The van der Waals surface area contributed by atoms with Gasteiger partial charge in [-0.25, -0.2) is 0 Å². The molecular formula is C16H24O3. The van der Waals surface area contributed by atoms with Crippen molar-refractivity contribution in [1.82, 2.24) is 0 Å². The summed E-state index contributed by atoms with van der Waals surface area (Å²) in [7, 11) is 0. The van der Waals surface area contributed by atoms with E-state index in [-0.39, 0.29) is 17.6 Å². The maximum atomic E-state index is 9.63. The number of aliphatic hydroxyl groups is 1. The second-order valence-corrected chi connectivity index (χ2v) is 6.15. The first kappa shape index (κ1) is 14.4. The Labute approximate surface area is 115 Å². The molecule has 0 saturated heterocycles. The number of benzene rings is 1.